The van der Waals surface area contributed by atoms with Crippen LogP contribution in [0.3, 0.4) is 0 Å². The highest BCUT2D eigenvalue weighted by atomic mass is 16.2. The number of nitrogens with one attached hydrogen (secondary N) is 2. The van der Waals surface area contributed by atoms with Crippen LogP contribution < -0.4 is 10.6 Å². The number of amides is 2. The summed E-state index contributed by atoms with van der Waals surface area (Å²) in [7, 11) is 0. The zero-order valence-electron chi connectivity index (χ0n) is 14.9. The molecule has 6 nitrogen and oxygen atoms in total. The van der Waals surface area contributed by atoms with Crippen molar-refractivity contribution in [3.05, 3.63) is 60.4 Å². The second-order valence-electron chi connectivity index (χ2n) is 6.10. The van der Waals surface area contributed by atoms with Gasteiger partial charge in [0.05, 0.1) is 17.1 Å². The van der Waals surface area contributed by atoms with Crippen LogP contribution in [0.2, 0.25) is 0 Å². The molecule has 1 heterocycles. The Labute approximate surface area is 152 Å². The van der Waals surface area contributed by atoms with Gasteiger partial charge in [-0.25, -0.2) is 4.98 Å². The topological polar surface area (TPSA) is 76.0 Å². The van der Waals surface area contributed by atoms with Gasteiger partial charge in [-0.1, -0.05) is 37.3 Å². The number of benzene rings is 2. The Morgan fingerprint density at radius 2 is 1.73 bits per heavy atom. The first-order valence-corrected chi connectivity index (χ1v) is 8.68. The smallest absolute Gasteiger partial charge is 0.244 e. The fraction of sp³-hybridized carbons (Fsp3) is 0.250. The third kappa shape index (κ3) is 3.91. The number of hydrogen-bond donors (Lipinski definition) is 2. The molecule has 3 rings (SSSR count). The highest BCUT2D eigenvalue weighted by Crippen LogP contribution is 2.21. The van der Waals surface area contributed by atoms with E-state index in [1.165, 1.54) is 0 Å². The van der Waals surface area contributed by atoms with Crippen molar-refractivity contribution in [1.82, 2.24) is 14.9 Å². The second-order valence-corrected chi connectivity index (χ2v) is 6.10. The number of carbonyl (C=O) groups excluding carboxylic acids is 2. The van der Waals surface area contributed by atoms with Gasteiger partial charge in [0, 0.05) is 12.1 Å². The van der Waals surface area contributed by atoms with Crippen LogP contribution in [0.25, 0.3) is 11.0 Å². The van der Waals surface area contributed by atoms with Crippen molar-refractivity contribution in [2.75, 3.05) is 5.32 Å². The van der Waals surface area contributed by atoms with E-state index >= 15 is 0 Å². The summed E-state index contributed by atoms with van der Waals surface area (Å²) in [4.78, 5) is 28.9. The van der Waals surface area contributed by atoms with Crippen LogP contribution in [-0.4, -0.2) is 21.4 Å². The van der Waals surface area contributed by atoms with Gasteiger partial charge in [-0.3, -0.25) is 9.59 Å². The van der Waals surface area contributed by atoms with Crippen molar-refractivity contribution in [3.63, 3.8) is 0 Å². The second kappa shape index (κ2) is 7.82. The third-order valence-electron chi connectivity index (χ3n) is 4.13. The predicted molar refractivity (Wildman–Crippen MR) is 102 cm³/mol. The lowest BCUT2D eigenvalue weighted by atomic mass is 10.3. The molecule has 0 aliphatic rings. The third-order valence-corrected chi connectivity index (χ3v) is 4.13. The van der Waals surface area contributed by atoms with Gasteiger partial charge in [-0.2, -0.15) is 0 Å². The molecular formula is C20H22N4O2. The van der Waals surface area contributed by atoms with Crippen LogP contribution in [-0.2, 0) is 16.1 Å². The zero-order valence-corrected chi connectivity index (χ0v) is 14.9. The zero-order chi connectivity index (χ0) is 18.5. The summed E-state index contributed by atoms with van der Waals surface area (Å²) in [6, 6.07) is 16.7. The van der Waals surface area contributed by atoms with Gasteiger partial charge in [0.25, 0.3) is 0 Å². The van der Waals surface area contributed by atoms with E-state index in [2.05, 4.69) is 15.6 Å². The van der Waals surface area contributed by atoms with Gasteiger partial charge >= 0.3 is 0 Å². The molecule has 0 saturated carbocycles. The molecule has 134 valence electrons. The molecule has 1 atom stereocenters. The Balaban J connectivity index is 1.89. The average molecular weight is 350 g/mol. The maximum absolute atomic E-state index is 12.5. The maximum atomic E-state index is 12.5. The van der Waals surface area contributed by atoms with Gasteiger partial charge < -0.3 is 15.2 Å². The molecule has 2 amide bonds. The Kier molecular flexibility index (Phi) is 5.31. The van der Waals surface area contributed by atoms with E-state index in [4.69, 9.17) is 0 Å². The molecule has 1 aromatic heterocycles. The SMILES string of the molecule is CCC(=O)NC(C)c1nc2ccccc2n1CC(=O)Nc1ccccc1. The van der Waals surface area contributed by atoms with Crippen molar-refractivity contribution < 1.29 is 9.59 Å². The lowest BCUT2D eigenvalue weighted by molar-refractivity contribution is -0.121. The minimum atomic E-state index is -0.292. The average Bonchev–Trinajstić information content (AvgIpc) is 3.01. The number of hydrogen-bond acceptors (Lipinski definition) is 3. The Morgan fingerprint density at radius 3 is 2.46 bits per heavy atom. The predicted octanol–water partition coefficient (Wildman–Crippen LogP) is 3.26. The van der Waals surface area contributed by atoms with Crippen LogP contribution in [0.5, 0.6) is 0 Å². The van der Waals surface area contributed by atoms with E-state index in [1.807, 2.05) is 66.1 Å². The van der Waals surface area contributed by atoms with E-state index in [0.29, 0.717) is 12.2 Å². The molecule has 2 N–H and O–H groups in total. The van der Waals surface area contributed by atoms with Gasteiger partial charge in [-0.05, 0) is 31.2 Å². The molecule has 3 aromatic rings. The minimum absolute atomic E-state index is 0.0511. The quantitative estimate of drug-likeness (QED) is 0.716. The maximum Gasteiger partial charge on any atom is 0.244 e. The lowest BCUT2D eigenvalue weighted by Crippen LogP contribution is -2.29. The summed E-state index contributed by atoms with van der Waals surface area (Å²) in [5.41, 5.74) is 2.41. The van der Waals surface area contributed by atoms with E-state index in [-0.39, 0.29) is 24.4 Å². The molecule has 6 heteroatoms. The molecule has 26 heavy (non-hydrogen) atoms. The fourth-order valence-electron chi connectivity index (χ4n) is 2.86. The Bertz CT molecular complexity index is 918. The largest absolute Gasteiger partial charge is 0.346 e. The lowest BCUT2D eigenvalue weighted by Gasteiger charge is -2.16. The van der Waals surface area contributed by atoms with Crippen LogP contribution >= 0.6 is 0 Å². The van der Waals surface area contributed by atoms with Crippen molar-refractivity contribution in [2.24, 2.45) is 0 Å². The van der Waals surface area contributed by atoms with Crippen LogP contribution in [0, 0.1) is 0 Å². The first kappa shape index (κ1) is 17.7. The summed E-state index contributed by atoms with van der Waals surface area (Å²) in [5, 5.41) is 5.80. The number of imidazole rings is 1. The first-order valence-electron chi connectivity index (χ1n) is 8.68. The number of nitrogens with zero attached hydrogens (tertiary/aromatic N) is 2. The summed E-state index contributed by atoms with van der Waals surface area (Å²) in [5.74, 6) is 0.468. The molecule has 0 spiro atoms. The summed E-state index contributed by atoms with van der Waals surface area (Å²) < 4.78 is 1.86. The number of anilines is 1. The monoisotopic (exact) mass is 350 g/mol. The standard InChI is InChI=1S/C20H22N4O2/c1-3-18(25)21-14(2)20-23-16-11-7-8-12-17(16)24(20)13-19(26)22-15-9-5-4-6-10-15/h4-12,14H,3,13H2,1-2H3,(H,21,25)(H,22,26). The number of carbonyl (C=O) groups is 2. The van der Waals surface area contributed by atoms with E-state index in [9.17, 15) is 9.59 Å². The Morgan fingerprint density at radius 1 is 1.04 bits per heavy atom. The van der Waals surface area contributed by atoms with E-state index < -0.39 is 0 Å². The van der Waals surface area contributed by atoms with Gasteiger partial charge in [0.1, 0.15) is 12.4 Å². The summed E-state index contributed by atoms with van der Waals surface area (Å²) >= 11 is 0. The molecule has 0 radical (unpaired) electrons. The minimum Gasteiger partial charge on any atom is -0.346 e. The molecule has 0 aliphatic carbocycles. The summed E-state index contributed by atoms with van der Waals surface area (Å²) in [6.07, 6.45) is 0.402. The first-order chi connectivity index (χ1) is 12.6. The number of para-hydroxylation sites is 3. The molecular weight excluding hydrogens is 328 g/mol. The number of aromatic nitrogens is 2. The van der Waals surface area contributed by atoms with Crippen molar-refractivity contribution in [3.8, 4) is 0 Å². The summed E-state index contributed by atoms with van der Waals surface area (Å²) in [6.45, 7) is 3.80. The molecule has 0 fully saturated rings. The van der Waals surface area contributed by atoms with Gasteiger partial charge in [0.15, 0.2) is 0 Å². The van der Waals surface area contributed by atoms with E-state index in [1.54, 1.807) is 6.92 Å². The number of rotatable bonds is 6. The highest BCUT2D eigenvalue weighted by molar-refractivity contribution is 5.91. The molecule has 0 aliphatic heterocycles. The number of fused-ring (bicyclic) bond motifs is 1. The fourth-order valence-corrected chi connectivity index (χ4v) is 2.86. The van der Waals surface area contributed by atoms with Crippen molar-refractivity contribution in [1.29, 1.82) is 0 Å². The van der Waals surface area contributed by atoms with Crippen LogP contribution in [0.1, 0.15) is 32.1 Å². The molecule has 2 aromatic carbocycles. The molecule has 1 unspecified atom stereocenters. The van der Waals surface area contributed by atoms with Gasteiger partial charge in [0.2, 0.25) is 11.8 Å². The van der Waals surface area contributed by atoms with Crippen LogP contribution in [0.4, 0.5) is 5.69 Å². The van der Waals surface area contributed by atoms with Gasteiger partial charge in [-0.15, -0.1) is 0 Å². The van der Waals surface area contributed by atoms with E-state index in [0.717, 1.165) is 16.7 Å². The highest BCUT2D eigenvalue weighted by Gasteiger charge is 2.19. The van der Waals surface area contributed by atoms with Crippen molar-refractivity contribution >= 4 is 28.5 Å². The normalized spacial score (nSPS) is 11.9. The van der Waals surface area contributed by atoms with Crippen LogP contribution in [0.15, 0.2) is 54.6 Å². The Hall–Kier alpha value is -3.15. The van der Waals surface area contributed by atoms with Crippen molar-refractivity contribution in [2.45, 2.75) is 32.9 Å². The molecule has 0 saturated heterocycles. The molecule has 0 bridgehead atoms.